The van der Waals surface area contributed by atoms with E-state index in [4.69, 9.17) is 0 Å². The fourth-order valence-corrected chi connectivity index (χ4v) is 11.6. The van der Waals surface area contributed by atoms with Crippen LogP contribution in [-0.2, 0) is 0 Å². The standard InChI is InChI=1S/C34H60N8/c1-4-11-25-26(18(2)3)34-41-32-24-17-10-9-16-23(24)30(39-32)37-28-20-13-6-5-12-19(20)27(35-28)36-29-21-14-7-8-15-22(21)31(38-29)40-33(25)42-34/h4,11,18-42H,5-10,12-17H2,1-3H3/b11-4-. The molecule has 3 aliphatic carbocycles. The Kier molecular flexibility index (Phi) is 8.23. The third-order valence-corrected chi connectivity index (χ3v) is 13.5. The molecule has 5 heterocycles. The van der Waals surface area contributed by atoms with E-state index in [1.165, 1.54) is 77.0 Å². The van der Waals surface area contributed by atoms with Crippen LogP contribution in [0.4, 0.5) is 0 Å². The van der Waals surface area contributed by atoms with Crippen molar-refractivity contribution in [1.29, 1.82) is 0 Å². The molecule has 8 nitrogen and oxygen atoms in total. The summed E-state index contributed by atoms with van der Waals surface area (Å²) in [5.74, 6) is 5.88. The first kappa shape index (κ1) is 28.9. The van der Waals surface area contributed by atoms with Crippen molar-refractivity contribution in [2.75, 3.05) is 0 Å². The molecule has 8 aliphatic rings. The van der Waals surface area contributed by atoms with Crippen LogP contribution >= 0.6 is 0 Å². The monoisotopic (exact) mass is 580 g/mol. The van der Waals surface area contributed by atoms with E-state index in [1.807, 2.05) is 0 Å². The summed E-state index contributed by atoms with van der Waals surface area (Å²) in [7, 11) is 0. The van der Waals surface area contributed by atoms with Crippen LogP contribution < -0.4 is 42.5 Å². The molecule has 5 saturated heterocycles. The Bertz CT molecular complexity index is 973. The maximum absolute atomic E-state index is 4.26. The maximum Gasteiger partial charge on any atom is 0.0664 e. The first-order chi connectivity index (χ1) is 20.6. The quantitative estimate of drug-likeness (QED) is 0.236. The first-order valence-corrected chi connectivity index (χ1v) is 18.3. The van der Waals surface area contributed by atoms with Crippen molar-refractivity contribution in [2.45, 2.75) is 147 Å². The molecule has 3 saturated carbocycles. The molecule has 0 aromatic heterocycles. The van der Waals surface area contributed by atoms with Crippen LogP contribution in [0.5, 0.6) is 0 Å². The average Bonchev–Trinajstić information content (AvgIpc) is 3.73. The first-order valence-electron chi connectivity index (χ1n) is 18.3. The van der Waals surface area contributed by atoms with Crippen LogP contribution in [0.25, 0.3) is 0 Å². The zero-order chi connectivity index (χ0) is 28.4. The second kappa shape index (κ2) is 12.0. The largest absolute Gasteiger partial charge is 0.286 e. The maximum atomic E-state index is 4.26. The number of rotatable bonds is 2. The molecule has 8 N–H and O–H groups in total. The molecule has 236 valence electrons. The van der Waals surface area contributed by atoms with E-state index in [9.17, 15) is 0 Å². The summed E-state index contributed by atoms with van der Waals surface area (Å²) in [5.41, 5.74) is 0. The van der Waals surface area contributed by atoms with Gasteiger partial charge in [-0.2, -0.15) is 0 Å². The highest BCUT2D eigenvalue weighted by atomic mass is 15.4. The molecule has 0 radical (unpaired) electrons. The summed E-state index contributed by atoms with van der Waals surface area (Å²) >= 11 is 0. The van der Waals surface area contributed by atoms with E-state index in [2.05, 4.69) is 75.5 Å². The minimum Gasteiger partial charge on any atom is -0.286 e. The zero-order valence-corrected chi connectivity index (χ0v) is 26.5. The van der Waals surface area contributed by atoms with Crippen molar-refractivity contribution in [3.63, 3.8) is 0 Å². The molecular weight excluding hydrogens is 520 g/mol. The minimum atomic E-state index is 0.270. The highest BCUT2D eigenvalue weighted by Gasteiger charge is 2.54. The minimum absolute atomic E-state index is 0.270. The van der Waals surface area contributed by atoms with Crippen LogP contribution in [0.2, 0.25) is 0 Å². The van der Waals surface area contributed by atoms with E-state index in [0.29, 0.717) is 84.6 Å². The highest BCUT2D eigenvalue weighted by molar-refractivity contribution is 5.10. The molecule has 16 unspecified atom stereocenters. The lowest BCUT2D eigenvalue weighted by Gasteiger charge is -2.35. The number of allylic oxidation sites excluding steroid dienone is 1. The Hall–Kier alpha value is -0.580. The molecule has 0 aromatic rings. The van der Waals surface area contributed by atoms with Gasteiger partial charge in [0.05, 0.1) is 49.3 Å². The average molecular weight is 581 g/mol. The third-order valence-electron chi connectivity index (χ3n) is 13.5. The zero-order valence-electron chi connectivity index (χ0n) is 26.5. The predicted molar refractivity (Wildman–Crippen MR) is 168 cm³/mol. The van der Waals surface area contributed by atoms with Crippen LogP contribution in [0, 0.1) is 53.3 Å². The molecule has 8 heteroatoms. The van der Waals surface area contributed by atoms with Gasteiger partial charge in [-0.25, -0.2) is 0 Å². The number of hydrogen-bond acceptors (Lipinski definition) is 8. The Morgan fingerprint density at radius 2 is 0.714 bits per heavy atom. The van der Waals surface area contributed by atoms with Gasteiger partial charge in [0.2, 0.25) is 0 Å². The highest BCUT2D eigenvalue weighted by Crippen LogP contribution is 2.44. The van der Waals surface area contributed by atoms with Crippen LogP contribution in [0.15, 0.2) is 12.2 Å². The molecule has 5 aliphatic heterocycles. The van der Waals surface area contributed by atoms with Gasteiger partial charge in [0.15, 0.2) is 0 Å². The Labute approximate surface area is 254 Å². The van der Waals surface area contributed by atoms with E-state index >= 15 is 0 Å². The SMILES string of the molecule is C/C=C\C1C2NC3NC(NC4NC(NC5NC(NC(N2)C1C(C)C)C1CCCCC51)C1CCCCC41)C1CCCCC31. The second-order valence-electron chi connectivity index (χ2n) is 15.9. The Morgan fingerprint density at radius 1 is 0.429 bits per heavy atom. The van der Waals surface area contributed by atoms with E-state index in [0.717, 1.165) is 11.8 Å². The normalized spacial score (nSPS) is 54.2. The van der Waals surface area contributed by atoms with Gasteiger partial charge in [0, 0.05) is 5.92 Å². The van der Waals surface area contributed by atoms with Crippen molar-refractivity contribution in [2.24, 2.45) is 53.3 Å². The molecule has 8 bridgehead atoms. The molecule has 16 atom stereocenters. The van der Waals surface area contributed by atoms with Crippen molar-refractivity contribution in [1.82, 2.24) is 42.5 Å². The number of hydrogen-bond donors (Lipinski definition) is 8. The topological polar surface area (TPSA) is 96.2 Å². The fraction of sp³-hybridized carbons (Fsp3) is 0.941. The predicted octanol–water partition coefficient (Wildman–Crippen LogP) is 3.26. The van der Waals surface area contributed by atoms with Gasteiger partial charge in [-0.15, -0.1) is 0 Å². The van der Waals surface area contributed by atoms with Crippen LogP contribution in [0.3, 0.4) is 0 Å². The molecular formula is C34H60N8. The summed E-state index contributed by atoms with van der Waals surface area (Å²) in [6.07, 6.45) is 24.0. The molecule has 8 rings (SSSR count). The molecule has 42 heavy (non-hydrogen) atoms. The fourth-order valence-electron chi connectivity index (χ4n) is 11.6. The van der Waals surface area contributed by atoms with Crippen molar-refractivity contribution in [3.8, 4) is 0 Å². The van der Waals surface area contributed by atoms with Crippen molar-refractivity contribution in [3.05, 3.63) is 12.2 Å². The van der Waals surface area contributed by atoms with Gasteiger partial charge < -0.3 is 0 Å². The lowest BCUT2D eigenvalue weighted by Crippen LogP contribution is -2.61. The summed E-state index contributed by atoms with van der Waals surface area (Å²) in [4.78, 5) is 0. The van der Waals surface area contributed by atoms with Crippen LogP contribution in [0.1, 0.15) is 97.8 Å². The summed E-state index contributed by atoms with van der Waals surface area (Å²) in [6, 6.07) is 0. The van der Waals surface area contributed by atoms with Gasteiger partial charge >= 0.3 is 0 Å². The van der Waals surface area contributed by atoms with E-state index < -0.39 is 0 Å². The van der Waals surface area contributed by atoms with Gasteiger partial charge in [0.25, 0.3) is 0 Å². The van der Waals surface area contributed by atoms with Gasteiger partial charge in [-0.3, -0.25) is 42.5 Å². The van der Waals surface area contributed by atoms with Crippen molar-refractivity contribution < 1.29 is 0 Å². The third kappa shape index (κ3) is 5.04. The molecule has 0 spiro atoms. The molecule has 0 amide bonds. The second-order valence-corrected chi connectivity index (χ2v) is 15.9. The van der Waals surface area contributed by atoms with Gasteiger partial charge in [-0.1, -0.05) is 64.5 Å². The van der Waals surface area contributed by atoms with Gasteiger partial charge in [-0.05, 0) is 92.8 Å². The number of fused-ring (bicyclic) bond motifs is 17. The van der Waals surface area contributed by atoms with E-state index in [-0.39, 0.29) is 6.17 Å². The molecule has 8 fully saturated rings. The van der Waals surface area contributed by atoms with Crippen LogP contribution in [-0.4, -0.2) is 49.3 Å². The molecule has 0 aromatic carbocycles. The number of nitrogens with one attached hydrogen (secondary N) is 8. The van der Waals surface area contributed by atoms with Crippen molar-refractivity contribution >= 4 is 0 Å². The smallest absolute Gasteiger partial charge is 0.0664 e. The lowest BCUT2D eigenvalue weighted by atomic mass is 9.77. The summed E-state index contributed by atoms with van der Waals surface area (Å²) in [5, 5.41) is 33.7. The summed E-state index contributed by atoms with van der Waals surface area (Å²) in [6.45, 7) is 7.08. The lowest BCUT2D eigenvalue weighted by molar-refractivity contribution is 0.172. The van der Waals surface area contributed by atoms with E-state index in [1.54, 1.807) is 0 Å². The Balaban J connectivity index is 1.14. The van der Waals surface area contributed by atoms with Gasteiger partial charge in [0.1, 0.15) is 0 Å². The Morgan fingerprint density at radius 3 is 1.02 bits per heavy atom. The summed E-state index contributed by atoms with van der Waals surface area (Å²) < 4.78 is 0.